The highest BCUT2D eigenvalue weighted by Gasteiger charge is 2.23. The van der Waals surface area contributed by atoms with E-state index in [2.05, 4.69) is 5.16 Å². The summed E-state index contributed by atoms with van der Waals surface area (Å²) in [6, 6.07) is 5.31. The predicted molar refractivity (Wildman–Crippen MR) is 80.8 cm³/mol. The van der Waals surface area contributed by atoms with Crippen LogP contribution in [-0.4, -0.2) is 29.9 Å². The first kappa shape index (κ1) is 17.1. The standard InChI is InChI=1S/C15H24N2O4/c1-15(2,14(16)17-19)7-4-8-21-12-6-5-11(10-18)9-13(12)20-3/h5-6,9,18-19H,4,7-8,10H2,1-3H3,(H2,16,17). The van der Waals surface area contributed by atoms with E-state index in [1.807, 2.05) is 13.8 Å². The van der Waals surface area contributed by atoms with Crippen LogP contribution in [0.5, 0.6) is 11.5 Å². The minimum Gasteiger partial charge on any atom is -0.493 e. The average molecular weight is 296 g/mol. The van der Waals surface area contributed by atoms with Crippen molar-refractivity contribution in [2.24, 2.45) is 16.3 Å². The summed E-state index contributed by atoms with van der Waals surface area (Å²) in [6.07, 6.45) is 1.49. The van der Waals surface area contributed by atoms with E-state index in [9.17, 15) is 0 Å². The molecule has 0 spiro atoms. The maximum absolute atomic E-state index is 9.09. The smallest absolute Gasteiger partial charge is 0.161 e. The van der Waals surface area contributed by atoms with Crippen molar-refractivity contribution in [2.45, 2.75) is 33.3 Å². The molecule has 0 aliphatic heterocycles. The Kier molecular flexibility index (Phi) is 6.30. The van der Waals surface area contributed by atoms with Gasteiger partial charge in [0.2, 0.25) is 0 Å². The molecule has 1 aromatic rings. The Hall–Kier alpha value is -1.95. The van der Waals surface area contributed by atoms with Gasteiger partial charge in [-0.05, 0) is 30.5 Å². The molecule has 0 bridgehead atoms. The number of nitrogens with zero attached hydrogens (tertiary/aromatic N) is 1. The Morgan fingerprint density at radius 2 is 2.05 bits per heavy atom. The van der Waals surface area contributed by atoms with Crippen LogP contribution < -0.4 is 15.2 Å². The van der Waals surface area contributed by atoms with Crippen LogP contribution in [-0.2, 0) is 6.61 Å². The first-order chi connectivity index (χ1) is 9.94. The van der Waals surface area contributed by atoms with Crippen molar-refractivity contribution in [1.82, 2.24) is 0 Å². The molecule has 1 aromatic carbocycles. The van der Waals surface area contributed by atoms with Gasteiger partial charge in [-0.2, -0.15) is 0 Å². The predicted octanol–water partition coefficient (Wildman–Crippen LogP) is 2.12. The van der Waals surface area contributed by atoms with Crippen LogP contribution in [0.1, 0.15) is 32.3 Å². The molecule has 6 heteroatoms. The summed E-state index contributed by atoms with van der Waals surface area (Å²) in [6.45, 7) is 4.29. The molecule has 0 atom stereocenters. The Balaban J connectivity index is 2.53. The second-order valence-corrected chi connectivity index (χ2v) is 5.46. The molecule has 0 fully saturated rings. The summed E-state index contributed by atoms with van der Waals surface area (Å²) in [5.74, 6) is 1.45. The van der Waals surface area contributed by atoms with E-state index in [-0.39, 0.29) is 17.9 Å². The molecule has 21 heavy (non-hydrogen) atoms. The van der Waals surface area contributed by atoms with Crippen LogP contribution in [0.15, 0.2) is 23.4 Å². The molecule has 118 valence electrons. The van der Waals surface area contributed by atoms with Crippen molar-refractivity contribution in [3.63, 3.8) is 0 Å². The lowest BCUT2D eigenvalue weighted by atomic mass is 9.87. The maximum Gasteiger partial charge on any atom is 0.161 e. The van der Waals surface area contributed by atoms with Crippen molar-refractivity contribution < 1.29 is 19.8 Å². The van der Waals surface area contributed by atoms with Gasteiger partial charge in [-0.15, -0.1) is 0 Å². The number of rotatable bonds is 8. The third-order valence-corrected chi connectivity index (χ3v) is 3.42. The largest absolute Gasteiger partial charge is 0.493 e. The van der Waals surface area contributed by atoms with Crippen LogP contribution in [0, 0.1) is 5.41 Å². The number of oxime groups is 1. The molecule has 0 heterocycles. The van der Waals surface area contributed by atoms with Gasteiger partial charge in [-0.25, -0.2) is 0 Å². The molecule has 0 amide bonds. The van der Waals surface area contributed by atoms with E-state index >= 15 is 0 Å². The molecule has 4 N–H and O–H groups in total. The maximum atomic E-state index is 9.09. The van der Waals surface area contributed by atoms with Crippen LogP contribution in [0.3, 0.4) is 0 Å². The van der Waals surface area contributed by atoms with Gasteiger partial charge in [0.15, 0.2) is 11.5 Å². The highest BCUT2D eigenvalue weighted by atomic mass is 16.5. The summed E-state index contributed by atoms with van der Waals surface area (Å²) in [5, 5.41) is 20.9. The summed E-state index contributed by atoms with van der Waals surface area (Å²) < 4.78 is 10.9. The van der Waals surface area contributed by atoms with Gasteiger partial charge in [-0.3, -0.25) is 0 Å². The number of amidine groups is 1. The lowest BCUT2D eigenvalue weighted by Crippen LogP contribution is -2.32. The molecular formula is C15H24N2O4. The van der Waals surface area contributed by atoms with E-state index in [1.54, 1.807) is 25.3 Å². The highest BCUT2D eigenvalue weighted by Crippen LogP contribution is 2.29. The second kappa shape index (κ2) is 7.73. The van der Waals surface area contributed by atoms with Crippen molar-refractivity contribution in [2.75, 3.05) is 13.7 Å². The minimum absolute atomic E-state index is 0.0371. The average Bonchev–Trinajstić information content (AvgIpc) is 2.50. The van der Waals surface area contributed by atoms with Gasteiger partial charge in [0.1, 0.15) is 5.84 Å². The summed E-state index contributed by atoms with van der Waals surface area (Å²) in [4.78, 5) is 0. The SMILES string of the molecule is COc1cc(CO)ccc1OCCCC(C)(C)/C(N)=N/O. The van der Waals surface area contributed by atoms with Gasteiger partial charge >= 0.3 is 0 Å². The van der Waals surface area contributed by atoms with Crippen LogP contribution in [0.4, 0.5) is 0 Å². The zero-order valence-corrected chi connectivity index (χ0v) is 12.8. The molecule has 0 unspecified atom stereocenters. The summed E-state index contributed by atoms with van der Waals surface area (Å²) in [5.41, 5.74) is 6.04. The number of aliphatic hydroxyl groups excluding tert-OH is 1. The Bertz CT molecular complexity index is 487. The number of methoxy groups -OCH3 is 1. The molecule has 0 aromatic heterocycles. The van der Waals surface area contributed by atoms with E-state index in [0.29, 0.717) is 18.1 Å². The second-order valence-electron chi connectivity index (χ2n) is 5.46. The van der Waals surface area contributed by atoms with Crippen molar-refractivity contribution in [3.05, 3.63) is 23.8 Å². The van der Waals surface area contributed by atoms with Gasteiger partial charge in [-0.1, -0.05) is 25.1 Å². The number of ether oxygens (including phenoxy) is 2. The van der Waals surface area contributed by atoms with Crippen LogP contribution in [0.25, 0.3) is 0 Å². The van der Waals surface area contributed by atoms with E-state index in [0.717, 1.165) is 18.4 Å². The monoisotopic (exact) mass is 296 g/mol. The number of benzene rings is 1. The third-order valence-electron chi connectivity index (χ3n) is 3.42. The lowest BCUT2D eigenvalue weighted by molar-refractivity contribution is 0.264. The van der Waals surface area contributed by atoms with Gasteiger partial charge < -0.3 is 25.5 Å². The zero-order chi connectivity index (χ0) is 15.9. The fraction of sp³-hybridized carbons (Fsp3) is 0.533. The fourth-order valence-corrected chi connectivity index (χ4v) is 1.89. The first-order valence-corrected chi connectivity index (χ1v) is 6.83. The number of nitrogens with two attached hydrogens (primary N) is 1. The van der Waals surface area contributed by atoms with E-state index in [1.165, 1.54) is 0 Å². The van der Waals surface area contributed by atoms with Crippen LogP contribution in [0.2, 0.25) is 0 Å². The van der Waals surface area contributed by atoms with Crippen LogP contribution >= 0.6 is 0 Å². The van der Waals surface area contributed by atoms with Crippen molar-refractivity contribution >= 4 is 5.84 Å². The Morgan fingerprint density at radius 1 is 1.33 bits per heavy atom. The molecule has 0 saturated heterocycles. The normalized spacial score (nSPS) is 12.3. The minimum atomic E-state index is -0.372. The third kappa shape index (κ3) is 4.82. The number of aliphatic hydroxyl groups is 1. The Morgan fingerprint density at radius 3 is 2.62 bits per heavy atom. The number of hydrogen-bond donors (Lipinski definition) is 3. The van der Waals surface area contributed by atoms with Gasteiger partial charge in [0.05, 0.1) is 20.3 Å². The first-order valence-electron chi connectivity index (χ1n) is 6.83. The van der Waals surface area contributed by atoms with Gasteiger partial charge in [0.25, 0.3) is 0 Å². The summed E-state index contributed by atoms with van der Waals surface area (Å²) >= 11 is 0. The van der Waals surface area contributed by atoms with Gasteiger partial charge in [0, 0.05) is 5.41 Å². The fourth-order valence-electron chi connectivity index (χ4n) is 1.89. The Labute approximate surface area is 125 Å². The molecule has 0 saturated carbocycles. The van der Waals surface area contributed by atoms with E-state index in [4.69, 9.17) is 25.5 Å². The topological polar surface area (TPSA) is 97.3 Å². The quantitative estimate of drug-likeness (QED) is 0.224. The van der Waals surface area contributed by atoms with E-state index < -0.39 is 0 Å². The molecule has 0 aliphatic rings. The molecule has 1 rings (SSSR count). The summed E-state index contributed by atoms with van der Waals surface area (Å²) in [7, 11) is 1.56. The highest BCUT2D eigenvalue weighted by molar-refractivity contribution is 5.85. The molecular weight excluding hydrogens is 272 g/mol. The van der Waals surface area contributed by atoms with Crippen molar-refractivity contribution in [3.8, 4) is 11.5 Å². The molecule has 6 nitrogen and oxygen atoms in total. The molecule has 0 aliphatic carbocycles. The zero-order valence-electron chi connectivity index (χ0n) is 12.8. The van der Waals surface area contributed by atoms with Crippen molar-refractivity contribution in [1.29, 1.82) is 0 Å². The number of hydrogen-bond acceptors (Lipinski definition) is 5. The lowest BCUT2D eigenvalue weighted by Gasteiger charge is -2.22. The molecule has 0 radical (unpaired) electrons.